The van der Waals surface area contributed by atoms with Crippen molar-refractivity contribution in [1.29, 1.82) is 0 Å². The van der Waals surface area contributed by atoms with Gasteiger partial charge in [-0.2, -0.15) is 0 Å². The molecule has 0 bridgehead atoms. The fourth-order valence-corrected chi connectivity index (χ4v) is 4.84. The van der Waals surface area contributed by atoms with Crippen molar-refractivity contribution >= 4 is 5.97 Å². The molecule has 1 saturated heterocycles. The number of unbranched alkanes of at least 4 members (excludes halogenated alkanes) is 1. The summed E-state index contributed by atoms with van der Waals surface area (Å²) in [5.41, 5.74) is 1.88. The van der Waals surface area contributed by atoms with Crippen molar-refractivity contribution in [2.75, 3.05) is 13.1 Å². The average Bonchev–Trinajstić information content (AvgIpc) is 2.76. The number of hydrogen-bond donors (Lipinski definition) is 1. The van der Waals surface area contributed by atoms with Crippen LogP contribution in [0.1, 0.15) is 59.3 Å². The second-order valence-corrected chi connectivity index (χ2v) is 7.90. The van der Waals surface area contributed by atoms with Crippen molar-refractivity contribution in [2.45, 2.75) is 65.4 Å². The Labute approximate surface area is 134 Å². The maximum atomic E-state index is 12.3. The fraction of sp³-hybridized carbons (Fsp3) is 0.842. The van der Waals surface area contributed by atoms with E-state index in [1.165, 1.54) is 32.1 Å². The Balaban J connectivity index is 1.74. The van der Waals surface area contributed by atoms with Gasteiger partial charge in [-0.1, -0.05) is 45.3 Å². The Morgan fingerprint density at radius 2 is 2.27 bits per heavy atom. The molecular weight excluding hydrogens is 274 g/mol. The Bertz CT molecular complexity index is 458. The van der Waals surface area contributed by atoms with Crippen molar-refractivity contribution < 1.29 is 9.53 Å². The number of carbonyl (C=O) groups excluding carboxylic acids is 1. The fourth-order valence-electron chi connectivity index (χ4n) is 4.84. The Morgan fingerprint density at radius 3 is 3.05 bits per heavy atom. The summed E-state index contributed by atoms with van der Waals surface area (Å²) in [5, 5.41) is 3.45. The monoisotopic (exact) mass is 305 g/mol. The molecule has 0 aromatic carbocycles. The first-order chi connectivity index (χ1) is 10.5. The van der Waals surface area contributed by atoms with Crippen LogP contribution in [0.15, 0.2) is 11.6 Å². The minimum absolute atomic E-state index is 0.0192. The standard InChI is InChI=1S/C19H31NO2/c1-4-5-9-20-12-15-14-10-16-13(2)7-6-8-19(16,3)11-17(14)22-18(15)21/h10,13-15,17,20H,4-9,11-12H2,1-3H3/t13-,14+,15+,17+,19+/m0/s1. The normalized spacial score (nSPS) is 40.7. The predicted octanol–water partition coefficient (Wildman–Crippen LogP) is 3.69. The highest BCUT2D eigenvalue weighted by Gasteiger charge is 2.51. The van der Waals surface area contributed by atoms with E-state index in [2.05, 4.69) is 32.2 Å². The maximum Gasteiger partial charge on any atom is 0.311 e. The van der Waals surface area contributed by atoms with E-state index in [0.717, 1.165) is 19.5 Å². The average molecular weight is 305 g/mol. The van der Waals surface area contributed by atoms with E-state index in [1.54, 1.807) is 5.57 Å². The van der Waals surface area contributed by atoms with E-state index in [4.69, 9.17) is 4.74 Å². The second kappa shape index (κ2) is 6.35. The van der Waals surface area contributed by atoms with Crippen LogP contribution in [0.25, 0.3) is 0 Å². The molecule has 22 heavy (non-hydrogen) atoms. The number of rotatable bonds is 5. The molecule has 1 saturated carbocycles. The summed E-state index contributed by atoms with van der Waals surface area (Å²) in [6.07, 6.45) is 9.81. The van der Waals surface area contributed by atoms with Gasteiger partial charge in [0.2, 0.25) is 0 Å². The molecule has 2 aliphatic carbocycles. The summed E-state index contributed by atoms with van der Waals surface area (Å²) in [7, 11) is 0. The quantitative estimate of drug-likeness (QED) is 0.478. The van der Waals surface area contributed by atoms with Crippen LogP contribution < -0.4 is 5.32 Å². The molecule has 1 N–H and O–H groups in total. The van der Waals surface area contributed by atoms with Gasteiger partial charge in [-0.05, 0) is 43.6 Å². The van der Waals surface area contributed by atoms with Crippen LogP contribution in [-0.4, -0.2) is 25.2 Å². The molecule has 0 unspecified atom stereocenters. The molecule has 1 heterocycles. The van der Waals surface area contributed by atoms with Crippen LogP contribution in [0, 0.1) is 23.2 Å². The SMILES string of the molecule is CCCCNC[C@H]1C(=O)O[C@@H]2C[C@@]3(C)CCC[C@H](C)C3=C[C@@H]21. The number of ether oxygens (including phenoxy) is 1. The first-order valence-corrected chi connectivity index (χ1v) is 9.18. The molecule has 2 fully saturated rings. The van der Waals surface area contributed by atoms with Crippen LogP contribution >= 0.6 is 0 Å². The molecule has 5 atom stereocenters. The Hall–Kier alpha value is -0.830. The van der Waals surface area contributed by atoms with E-state index >= 15 is 0 Å². The largest absolute Gasteiger partial charge is 0.461 e. The van der Waals surface area contributed by atoms with Crippen LogP contribution in [0.3, 0.4) is 0 Å². The molecule has 0 radical (unpaired) electrons. The van der Waals surface area contributed by atoms with Gasteiger partial charge < -0.3 is 10.1 Å². The van der Waals surface area contributed by atoms with Crippen LogP contribution in [0.5, 0.6) is 0 Å². The summed E-state index contributed by atoms with van der Waals surface area (Å²) in [4.78, 5) is 12.3. The Kier molecular flexibility index (Phi) is 4.63. The van der Waals surface area contributed by atoms with E-state index in [1.807, 2.05) is 0 Å². The molecular formula is C19H31NO2. The van der Waals surface area contributed by atoms with Crippen molar-refractivity contribution in [1.82, 2.24) is 5.32 Å². The highest BCUT2D eigenvalue weighted by atomic mass is 16.6. The van der Waals surface area contributed by atoms with Gasteiger partial charge in [0, 0.05) is 12.5 Å². The van der Waals surface area contributed by atoms with Gasteiger partial charge in [-0.25, -0.2) is 0 Å². The van der Waals surface area contributed by atoms with Gasteiger partial charge in [0.15, 0.2) is 0 Å². The number of carbonyl (C=O) groups is 1. The third-order valence-corrected chi connectivity index (χ3v) is 6.15. The molecule has 3 nitrogen and oxygen atoms in total. The zero-order valence-electron chi connectivity index (χ0n) is 14.4. The number of esters is 1. The lowest BCUT2D eigenvalue weighted by atomic mass is 9.59. The molecule has 3 aliphatic rings. The van der Waals surface area contributed by atoms with Gasteiger partial charge >= 0.3 is 5.97 Å². The third kappa shape index (κ3) is 2.84. The van der Waals surface area contributed by atoms with Crippen molar-refractivity contribution in [3.05, 3.63) is 11.6 Å². The molecule has 3 heteroatoms. The molecule has 0 aromatic heterocycles. The zero-order valence-corrected chi connectivity index (χ0v) is 14.4. The van der Waals surface area contributed by atoms with Crippen molar-refractivity contribution in [2.24, 2.45) is 23.2 Å². The van der Waals surface area contributed by atoms with E-state index in [9.17, 15) is 4.79 Å². The molecule has 0 amide bonds. The molecule has 124 valence electrons. The van der Waals surface area contributed by atoms with E-state index < -0.39 is 0 Å². The summed E-state index contributed by atoms with van der Waals surface area (Å²) in [5.74, 6) is 1.01. The third-order valence-electron chi connectivity index (χ3n) is 6.15. The Morgan fingerprint density at radius 1 is 1.45 bits per heavy atom. The summed E-state index contributed by atoms with van der Waals surface area (Å²) in [6.45, 7) is 8.71. The molecule has 0 spiro atoms. The summed E-state index contributed by atoms with van der Waals surface area (Å²) >= 11 is 0. The lowest BCUT2D eigenvalue weighted by Crippen LogP contribution is -2.40. The predicted molar refractivity (Wildman–Crippen MR) is 88.5 cm³/mol. The van der Waals surface area contributed by atoms with Gasteiger partial charge in [-0.15, -0.1) is 0 Å². The zero-order chi connectivity index (χ0) is 15.7. The van der Waals surface area contributed by atoms with Crippen molar-refractivity contribution in [3.63, 3.8) is 0 Å². The number of allylic oxidation sites excluding steroid dienone is 1. The molecule has 3 rings (SSSR count). The van der Waals surface area contributed by atoms with Gasteiger partial charge in [0.1, 0.15) is 6.10 Å². The highest BCUT2D eigenvalue weighted by molar-refractivity contribution is 5.76. The van der Waals surface area contributed by atoms with Crippen LogP contribution in [0.4, 0.5) is 0 Å². The van der Waals surface area contributed by atoms with Crippen molar-refractivity contribution in [3.8, 4) is 0 Å². The first kappa shape index (κ1) is 16.0. The highest BCUT2D eigenvalue weighted by Crippen LogP contribution is 2.53. The minimum Gasteiger partial charge on any atom is -0.461 e. The topological polar surface area (TPSA) is 38.3 Å². The number of hydrogen-bond acceptors (Lipinski definition) is 3. The minimum atomic E-state index is 0.0192. The molecule has 0 aromatic rings. The van der Waals surface area contributed by atoms with Gasteiger partial charge in [0.05, 0.1) is 5.92 Å². The van der Waals surface area contributed by atoms with Gasteiger partial charge in [-0.3, -0.25) is 4.79 Å². The van der Waals surface area contributed by atoms with E-state index in [0.29, 0.717) is 11.8 Å². The first-order valence-electron chi connectivity index (χ1n) is 9.18. The maximum absolute atomic E-state index is 12.3. The van der Waals surface area contributed by atoms with Crippen LogP contribution in [-0.2, 0) is 9.53 Å². The lowest BCUT2D eigenvalue weighted by Gasteiger charge is -2.46. The van der Waals surface area contributed by atoms with E-state index in [-0.39, 0.29) is 23.4 Å². The summed E-state index contributed by atoms with van der Waals surface area (Å²) in [6, 6.07) is 0. The number of nitrogens with one attached hydrogen (secondary N) is 1. The molecule has 1 aliphatic heterocycles. The second-order valence-electron chi connectivity index (χ2n) is 7.90. The summed E-state index contributed by atoms with van der Waals surface area (Å²) < 4.78 is 5.76. The number of fused-ring (bicyclic) bond motifs is 2. The van der Waals surface area contributed by atoms with Gasteiger partial charge in [0.25, 0.3) is 0 Å². The van der Waals surface area contributed by atoms with Crippen LogP contribution in [0.2, 0.25) is 0 Å². The smallest absolute Gasteiger partial charge is 0.311 e. The lowest BCUT2D eigenvalue weighted by molar-refractivity contribution is -0.145.